The summed E-state index contributed by atoms with van der Waals surface area (Å²) < 4.78 is 22.5. The summed E-state index contributed by atoms with van der Waals surface area (Å²) in [4.78, 5) is 15.1. The van der Waals surface area contributed by atoms with E-state index in [-0.39, 0.29) is 42.2 Å². The van der Waals surface area contributed by atoms with Gasteiger partial charge in [-0.3, -0.25) is 0 Å². The predicted molar refractivity (Wildman–Crippen MR) is 84.2 cm³/mol. The molecule has 0 aliphatic carbocycles. The molecule has 0 bridgehead atoms. The molecule has 4 fully saturated rings. The molecule has 0 saturated carbocycles. The zero-order valence-corrected chi connectivity index (χ0v) is 14.4. The first kappa shape index (κ1) is 17.1. The van der Waals surface area contributed by atoms with Crippen LogP contribution in [-0.2, 0) is 23.8 Å². The number of aliphatic hydroxyl groups excluding tert-OH is 1. The molecule has 4 saturated heterocycles. The molecule has 136 valence electrons. The monoisotopic (exact) mass is 381 g/mol. The third-order valence-electron chi connectivity index (χ3n) is 4.79. The highest BCUT2D eigenvalue weighted by atomic mass is 33.1. The van der Waals surface area contributed by atoms with Gasteiger partial charge in [0.05, 0.1) is 37.8 Å². The molecule has 0 spiro atoms. The van der Waals surface area contributed by atoms with Crippen molar-refractivity contribution in [3.8, 4) is 0 Å². The average Bonchev–Trinajstić information content (AvgIpc) is 3.26. The van der Waals surface area contributed by atoms with Crippen LogP contribution in [0.15, 0.2) is 0 Å². The van der Waals surface area contributed by atoms with Crippen molar-refractivity contribution >= 4 is 21.6 Å². The van der Waals surface area contributed by atoms with E-state index in [0.717, 1.165) is 5.75 Å². The van der Waals surface area contributed by atoms with Crippen molar-refractivity contribution in [1.29, 1.82) is 0 Å². The summed E-state index contributed by atoms with van der Waals surface area (Å²) in [6.07, 6.45) is -1.94. The minimum Gasteiger partial charge on any atom is -0.388 e. The normalized spacial score (nSPS) is 46.9. The summed E-state index contributed by atoms with van der Waals surface area (Å²) in [7, 11) is 3.40. The lowest BCUT2D eigenvalue weighted by molar-refractivity contribution is -0.769. The fourth-order valence-corrected chi connectivity index (χ4v) is 6.60. The topological polar surface area (TPSA) is 110 Å². The summed E-state index contributed by atoms with van der Waals surface area (Å²) in [5.74, 6) is 0.994. The van der Waals surface area contributed by atoms with Gasteiger partial charge in [-0.2, -0.15) is 0 Å². The van der Waals surface area contributed by atoms with Crippen molar-refractivity contribution in [2.75, 3.05) is 32.2 Å². The minimum absolute atomic E-state index is 0.0503. The second-order valence-electron chi connectivity index (χ2n) is 6.31. The van der Waals surface area contributed by atoms with E-state index in [2.05, 4.69) is 4.84 Å². The largest absolute Gasteiger partial charge is 0.388 e. The summed E-state index contributed by atoms with van der Waals surface area (Å²) in [6, 6.07) is 0. The van der Waals surface area contributed by atoms with Crippen LogP contribution in [0.5, 0.6) is 0 Å². The van der Waals surface area contributed by atoms with Crippen molar-refractivity contribution in [2.45, 2.75) is 41.9 Å². The Kier molecular flexibility index (Phi) is 5.09. The molecule has 4 rings (SSSR count). The molecular formula is C13H19NO8S2. The van der Waals surface area contributed by atoms with Crippen molar-refractivity contribution < 1.29 is 34.0 Å². The molecule has 0 amide bonds. The molecule has 8 atom stereocenters. The molecule has 0 aromatic carbocycles. The van der Waals surface area contributed by atoms with Crippen LogP contribution in [-0.4, -0.2) is 84.2 Å². The zero-order valence-electron chi connectivity index (χ0n) is 12.7. The van der Waals surface area contributed by atoms with Gasteiger partial charge in [0.1, 0.15) is 24.4 Å². The van der Waals surface area contributed by atoms with Crippen LogP contribution in [0.4, 0.5) is 0 Å². The zero-order chi connectivity index (χ0) is 16.7. The lowest BCUT2D eigenvalue weighted by Gasteiger charge is -2.18. The quantitative estimate of drug-likeness (QED) is 0.380. The van der Waals surface area contributed by atoms with Crippen molar-refractivity contribution in [3.63, 3.8) is 0 Å². The van der Waals surface area contributed by atoms with Gasteiger partial charge >= 0.3 is 0 Å². The Morgan fingerprint density at radius 3 is 2.62 bits per heavy atom. The van der Waals surface area contributed by atoms with E-state index in [1.165, 1.54) is 0 Å². The van der Waals surface area contributed by atoms with E-state index >= 15 is 0 Å². The van der Waals surface area contributed by atoms with Gasteiger partial charge in [0.25, 0.3) is 5.09 Å². The van der Waals surface area contributed by atoms with Crippen molar-refractivity contribution in [1.82, 2.24) is 0 Å². The number of ether oxygens (including phenoxy) is 4. The Morgan fingerprint density at radius 2 is 1.79 bits per heavy atom. The first-order valence-corrected chi connectivity index (χ1v) is 10.3. The van der Waals surface area contributed by atoms with Gasteiger partial charge in [-0.1, -0.05) is 21.6 Å². The minimum atomic E-state index is -0.787. The van der Waals surface area contributed by atoms with Gasteiger partial charge in [0, 0.05) is 11.7 Å². The summed E-state index contributed by atoms with van der Waals surface area (Å²) in [5.41, 5.74) is 0. The third-order valence-corrected chi connectivity index (χ3v) is 7.70. The average molecular weight is 381 g/mol. The first-order valence-electron chi connectivity index (χ1n) is 7.87. The third kappa shape index (κ3) is 3.22. The second kappa shape index (κ2) is 7.14. The van der Waals surface area contributed by atoms with E-state index in [0.29, 0.717) is 19.8 Å². The maximum Gasteiger partial charge on any atom is 0.294 e. The molecule has 4 heterocycles. The number of aliphatic hydroxyl groups is 1. The Bertz CT molecular complexity index is 485. The molecule has 24 heavy (non-hydrogen) atoms. The molecule has 0 aromatic heterocycles. The fraction of sp³-hybridized carbons (Fsp3) is 1.00. The van der Waals surface area contributed by atoms with Crippen LogP contribution >= 0.6 is 21.6 Å². The fourth-order valence-electron chi connectivity index (χ4n) is 3.63. The van der Waals surface area contributed by atoms with Gasteiger partial charge in [0.15, 0.2) is 6.10 Å². The van der Waals surface area contributed by atoms with Crippen LogP contribution in [0.2, 0.25) is 0 Å². The Balaban J connectivity index is 1.23. The highest BCUT2D eigenvalue weighted by Gasteiger charge is 2.50. The molecule has 1 N–H and O–H groups in total. The summed E-state index contributed by atoms with van der Waals surface area (Å²) >= 11 is 0. The predicted octanol–water partition coefficient (Wildman–Crippen LogP) is -0.114. The number of rotatable bonds is 6. The summed E-state index contributed by atoms with van der Waals surface area (Å²) in [5, 5.41) is 19.6. The van der Waals surface area contributed by atoms with Gasteiger partial charge < -0.3 is 28.9 Å². The smallest absolute Gasteiger partial charge is 0.294 e. The standard InChI is InChI=1S/C13H19NO8S2/c15-7-2-19-13-9(4-21-11(7)13)24-23-5-6-1-18-12-8(22-14(16)17)3-20-10(6)12/h6-13,15H,1-5H2/t6?,7?,8?,9?,10-,11-,12-,13-/m1/s1. The lowest BCUT2D eigenvalue weighted by atomic mass is 10.0. The number of hydrogen-bond donors (Lipinski definition) is 1. The van der Waals surface area contributed by atoms with Crippen LogP contribution < -0.4 is 0 Å². The Labute approximate surface area is 146 Å². The maximum atomic E-state index is 10.5. The summed E-state index contributed by atoms with van der Waals surface area (Å²) in [6.45, 7) is 1.62. The van der Waals surface area contributed by atoms with Crippen LogP contribution in [0.25, 0.3) is 0 Å². The van der Waals surface area contributed by atoms with E-state index in [4.69, 9.17) is 18.9 Å². The molecule has 0 radical (unpaired) electrons. The van der Waals surface area contributed by atoms with E-state index < -0.39 is 17.3 Å². The first-order chi connectivity index (χ1) is 11.6. The highest BCUT2D eigenvalue weighted by molar-refractivity contribution is 8.77. The molecular weight excluding hydrogens is 362 g/mol. The van der Waals surface area contributed by atoms with Gasteiger partial charge in [-0.25, -0.2) is 0 Å². The molecule has 9 nitrogen and oxygen atoms in total. The van der Waals surface area contributed by atoms with Gasteiger partial charge in [0.2, 0.25) is 0 Å². The highest BCUT2D eigenvalue weighted by Crippen LogP contribution is 2.42. The second-order valence-corrected chi connectivity index (χ2v) is 8.96. The van der Waals surface area contributed by atoms with E-state index in [1.807, 2.05) is 0 Å². The lowest BCUT2D eigenvalue weighted by Crippen LogP contribution is -2.33. The van der Waals surface area contributed by atoms with E-state index in [1.54, 1.807) is 21.6 Å². The molecule has 4 unspecified atom stereocenters. The van der Waals surface area contributed by atoms with E-state index in [9.17, 15) is 15.2 Å². The number of nitrogens with zero attached hydrogens (tertiary/aromatic N) is 1. The maximum absolute atomic E-state index is 10.5. The molecule has 4 aliphatic heterocycles. The molecule has 4 aliphatic rings. The number of fused-ring (bicyclic) bond motifs is 2. The van der Waals surface area contributed by atoms with Crippen LogP contribution in [0.1, 0.15) is 0 Å². The SMILES string of the molecule is O=[N+]([O-])OC1CO[C@@H]2C(CSSC3CO[C@@H]4C(O)CO[C@H]34)CO[C@H]12. The molecule has 11 heteroatoms. The van der Waals surface area contributed by atoms with Crippen molar-refractivity contribution in [2.24, 2.45) is 5.92 Å². The molecule has 0 aromatic rings. The van der Waals surface area contributed by atoms with Gasteiger partial charge in [-0.05, 0) is 0 Å². The van der Waals surface area contributed by atoms with Crippen molar-refractivity contribution in [3.05, 3.63) is 10.1 Å². The Hall–Kier alpha value is -0.300. The van der Waals surface area contributed by atoms with Gasteiger partial charge in [-0.15, -0.1) is 10.1 Å². The Morgan fingerprint density at radius 1 is 1.04 bits per heavy atom. The van der Waals surface area contributed by atoms with Crippen LogP contribution in [0.3, 0.4) is 0 Å². The number of hydrogen-bond acceptors (Lipinski definition) is 10. The van der Waals surface area contributed by atoms with Crippen LogP contribution in [0, 0.1) is 16.0 Å².